The third kappa shape index (κ3) is 3.87. The van der Waals surface area contributed by atoms with Gasteiger partial charge in [-0.1, -0.05) is 66.2 Å². The molecule has 0 aliphatic heterocycles. The molecule has 0 saturated heterocycles. The van der Waals surface area contributed by atoms with Crippen LogP contribution in [0.5, 0.6) is 5.75 Å². The molecule has 0 amide bonds. The Kier molecular flexibility index (Phi) is 5.39. The van der Waals surface area contributed by atoms with Crippen LogP contribution in [0.15, 0.2) is 109 Å². The zero-order valence-electron chi connectivity index (χ0n) is 25.6. The van der Waals surface area contributed by atoms with Crippen LogP contribution in [-0.2, 0) is 14.1 Å². The van der Waals surface area contributed by atoms with Crippen molar-refractivity contribution in [2.75, 3.05) is 7.11 Å². The third-order valence-electron chi connectivity index (χ3n) is 9.29. The Morgan fingerprint density at radius 3 is 1.44 bits per heavy atom. The van der Waals surface area contributed by atoms with Crippen molar-refractivity contribution in [2.24, 2.45) is 14.1 Å². The molecule has 0 N–H and O–H groups in total. The summed E-state index contributed by atoms with van der Waals surface area (Å²) in [7, 11) is 5.70. The summed E-state index contributed by atoms with van der Waals surface area (Å²) in [6, 6.07) is 35.5. The Bertz CT molecular complexity index is 2640. The fraction of sp³-hybridized carbons (Fsp3) is 0.100. The third-order valence-corrected chi connectivity index (χ3v) is 9.29. The van der Waals surface area contributed by atoms with Crippen LogP contribution in [0.3, 0.4) is 0 Å². The predicted octanol–water partition coefficient (Wildman–Crippen LogP) is 9.72. The quantitative estimate of drug-likeness (QED) is 0.154. The van der Waals surface area contributed by atoms with E-state index in [9.17, 15) is 0 Å². The zero-order valence-corrected chi connectivity index (χ0v) is 25.6. The highest BCUT2D eigenvalue weighted by Gasteiger charge is 2.18. The van der Waals surface area contributed by atoms with E-state index in [4.69, 9.17) is 14.9 Å². The lowest BCUT2D eigenvalue weighted by atomic mass is 9.87. The summed E-state index contributed by atoms with van der Waals surface area (Å²) in [6.07, 6.45) is 4.20. The lowest BCUT2D eigenvalue weighted by molar-refractivity contribution is 0.415. The fourth-order valence-electron chi connectivity index (χ4n) is 7.16. The van der Waals surface area contributed by atoms with Crippen molar-refractivity contribution in [3.8, 4) is 28.0 Å². The van der Waals surface area contributed by atoms with Gasteiger partial charge in [-0.25, -0.2) is 0 Å². The largest absolute Gasteiger partial charge is 0.497 e. The monoisotopic (exact) mass is 582 g/mol. The molecule has 0 atom stereocenters. The maximum absolute atomic E-state index is 5.48. The Hall–Kier alpha value is -5.68. The molecular weight excluding hydrogens is 552 g/mol. The predicted molar refractivity (Wildman–Crippen MR) is 187 cm³/mol. The number of hydrogen-bond acceptors (Lipinski definition) is 3. The summed E-state index contributed by atoms with van der Waals surface area (Å²) in [5.41, 5.74) is 8.03. The second-order valence-corrected chi connectivity index (χ2v) is 12.2. The number of aryl methyl sites for hydroxylation is 3. The van der Waals surface area contributed by atoms with Crippen molar-refractivity contribution in [3.05, 3.63) is 115 Å². The molecule has 0 saturated carbocycles. The van der Waals surface area contributed by atoms with Gasteiger partial charge in [0.1, 0.15) is 16.8 Å². The summed E-state index contributed by atoms with van der Waals surface area (Å²) in [6.45, 7) is 2.13. The molecular formula is C40H30N4O. The lowest BCUT2D eigenvalue weighted by Gasteiger charge is -2.16. The van der Waals surface area contributed by atoms with Crippen LogP contribution < -0.4 is 4.74 Å². The molecule has 0 radical (unpaired) electrons. The molecule has 9 rings (SSSR count). The highest BCUT2D eigenvalue weighted by atomic mass is 16.5. The number of fused-ring (bicyclic) bond motifs is 10. The number of hydrogen-bond donors (Lipinski definition) is 0. The molecule has 5 heteroatoms. The van der Waals surface area contributed by atoms with E-state index in [0.29, 0.717) is 0 Å². The summed E-state index contributed by atoms with van der Waals surface area (Å²) >= 11 is 0. The Balaban J connectivity index is 1.47. The summed E-state index contributed by atoms with van der Waals surface area (Å²) in [5.74, 6) is 0.845. The lowest BCUT2D eigenvalue weighted by Crippen LogP contribution is -1.91. The first-order valence-electron chi connectivity index (χ1n) is 15.2. The van der Waals surface area contributed by atoms with Crippen LogP contribution in [0.2, 0.25) is 0 Å². The van der Waals surface area contributed by atoms with E-state index in [1.54, 1.807) is 7.11 Å². The number of methoxy groups -OCH3 is 1. The molecule has 0 fully saturated rings. The van der Waals surface area contributed by atoms with Gasteiger partial charge in [-0.2, -0.15) is 10.2 Å². The molecule has 0 aliphatic rings. The number of aromatic nitrogens is 4. The van der Waals surface area contributed by atoms with Crippen LogP contribution in [0.4, 0.5) is 0 Å². The minimum absolute atomic E-state index is 0.845. The maximum Gasteiger partial charge on any atom is 0.118 e. The van der Waals surface area contributed by atoms with E-state index in [1.807, 2.05) is 35.6 Å². The first-order valence-corrected chi connectivity index (χ1v) is 15.2. The van der Waals surface area contributed by atoms with Gasteiger partial charge in [-0.15, -0.1) is 0 Å². The van der Waals surface area contributed by atoms with Gasteiger partial charge in [0.25, 0.3) is 0 Å². The Morgan fingerprint density at radius 1 is 0.511 bits per heavy atom. The van der Waals surface area contributed by atoms with E-state index >= 15 is 0 Å². The van der Waals surface area contributed by atoms with Crippen molar-refractivity contribution in [2.45, 2.75) is 6.92 Å². The molecule has 2 heterocycles. The van der Waals surface area contributed by atoms with Gasteiger partial charge in [-0.3, -0.25) is 9.36 Å². The van der Waals surface area contributed by atoms with Gasteiger partial charge >= 0.3 is 0 Å². The number of ether oxygens (including phenoxy) is 1. The van der Waals surface area contributed by atoms with E-state index in [2.05, 4.69) is 104 Å². The summed E-state index contributed by atoms with van der Waals surface area (Å²) < 4.78 is 9.31. The molecule has 2 aromatic heterocycles. The molecule has 216 valence electrons. The minimum atomic E-state index is 0.845. The van der Waals surface area contributed by atoms with Crippen molar-refractivity contribution in [3.63, 3.8) is 0 Å². The van der Waals surface area contributed by atoms with Gasteiger partial charge < -0.3 is 4.74 Å². The molecule has 0 unspecified atom stereocenters. The minimum Gasteiger partial charge on any atom is -0.497 e. The van der Waals surface area contributed by atoms with Gasteiger partial charge in [0.15, 0.2) is 0 Å². The van der Waals surface area contributed by atoms with Gasteiger partial charge in [0, 0.05) is 48.0 Å². The van der Waals surface area contributed by atoms with Crippen molar-refractivity contribution in [1.82, 2.24) is 19.6 Å². The van der Waals surface area contributed by atoms with Crippen LogP contribution in [0, 0.1) is 6.92 Å². The smallest absolute Gasteiger partial charge is 0.118 e. The Labute approximate surface area is 259 Å². The normalized spacial score (nSPS) is 12.0. The second kappa shape index (κ2) is 9.41. The topological polar surface area (TPSA) is 44.9 Å². The molecule has 0 aliphatic carbocycles. The van der Waals surface area contributed by atoms with Crippen LogP contribution in [0.25, 0.3) is 87.1 Å². The number of rotatable bonds is 3. The Morgan fingerprint density at radius 2 is 0.978 bits per heavy atom. The van der Waals surface area contributed by atoms with Gasteiger partial charge in [-0.05, 0) is 97.9 Å². The van der Waals surface area contributed by atoms with Crippen molar-refractivity contribution in [1.29, 1.82) is 0 Å². The fourth-order valence-corrected chi connectivity index (χ4v) is 7.16. The molecule has 9 aromatic rings. The molecule has 5 nitrogen and oxygen atoms in total. The van der Waals surface area contributed by atoms with E-state index in [-0.39, 0.29) is 0 Å². The van der Waals surface area contributed by atoms with E-state index in [0.717, 1.165) is 33.1 Å². The standard InChI is InChI=1S/C40H30N4O/c1-23-5-7-24(8-6-23)33-17-28-19-36-29(20-35(28)37-31(33)15-11-26-21-43(2)41-39(26)37)18-34(25-9-13-30(45-4)14-10-25)32-16-12-27-22-44(3)42-40(27)38(32)36/h5-22H,1-4H3. The van der Waals surface area contributed by atoms with Crippen LogP contribution >= 0.6 is 0 Å². The van der Waals surface area contributed by atoms with Gasteiger partial charge in [0.2, 0.25) is 0 Å². The highest BCUT2D eigenvalue weighted by Crippen LogP contribution is 2.44. The van der Waals surface area contributed by atoms with E-state index < -0.39 is 0 Å². The molecule has 0 bridgehead atoms. The number of nitrogens with zero attached hydrogens (tertiary/aromatic N) is 4. The molecule has 0 spiro atoms. The average Bonchev–Trinajstić information content (AvgIpc) is 3.64. The first kappa shape index (κ1) is 25.8. The average molecular weight is 583 g/mol. The first-order chi connectivity index (χ1) is 21.9. The van der Waals surface area contributed by atoms with Crippen LogP contribution in [-0.4, -0.2) is 26.7 Å². The van der Waals surface area contributed by atoms with Crippen molar-refractivity contribution < 1.29 is 4.74 Å². The molecule has 7 aromatic carbocycles. The van der Waals surface area contributed by atoms with E-state index in [1.165, 1.54) is 65.3 Å². The van der Waals surface area contributed by atoms with Gasteiger partial charge in [0.05, 0.1) is 7.11 Å². The second-order valence-electron chi connectivity index (χ2n) is 12.2. The highest BCUT2D eigenvalue weighted by molar-refractivity contribution is 6.29. The number of benzene rings is 7. The van der Waals surface area contributed by atoms with Crippen molar-refractivity contribution >= 4 is 64.9 Å². The zero-order chi connectivity index (χ0) is 30.4. The summed E-state index contributed by atoms with van der Waals surface area (Å²) in [5, 5.41) is 21.8. The maximum atomic E-state index is 5.48. The molecule has 45 heavy (non-hydrogen) atoms. The SMILES string of the molecule is COc1ccc(-c2cc3cc4c(cc(-c5ccc(C)cc5)c5ccc6cn(C)nc6c54)cc3c3c2ccc2cn(C)nc23)cc1. The summed E-state index contributed by atoms with van der Waals surface area (Å²) in [4.78, 5) is 0. The van der Waals surface area contributed by atoms with Crippen LogP contribution in [0.1, 0.15) is 5.56 Å².